The van der Waals surface area contributed by atoms with Crippen LogP contribution < -0.4 is 0 Å². The molecule has 0 spiro atoms. The highest BCUT2D eigenvalue weighted by Gasteiger charge is 2.36. The van der Waals surface area contributed by atoms with Crippen molar-refractivity contribution in [2.24, 2.45) is 0 Å². The van der Waals surface area contributed by atoms with E-state index in [2.05, 4.69) is 23.6 Å². The first-order valence-corrected chi connectivity index (χ1v) is 7.25. The maximum absolute atomic E-state index is 5.22. The Bertz CT molecular complexity index is 234. The zero-order chi connectivity index (χ0) is 12.3. The molecule has 0 aromatic carbocycles. The Morgan fingerprint density at radius 2 is 2.18 bits per heavy atom. The van der Waals surface area contributed by atoms with Crippen LogP contribution >= 0.6 is 0 Å². The fraction of sp³-hybridized carbons (Fsp3) is 1.00. The Morgan fingerprint density at radius 3 is 2.88 bits per heavy atom. The molecule has 2 heterocycles. The molecule has 2 saturated heterocycles. The molecule has 2 aliphatic heterocycles. The highest BCUT2D eigenvalue weighted by molar-refractivity contribution is 4.93. The van der Waals surface area contributed by atoms with Crippen LogP contribution in [-0.2, 0) is 4.74 Å². The van der Waals surface area contributed by atoms with Crippen LogP contribution in [-0.4, -0.2) is 61.3 Å². The van der Waals surface area contributed by atoms with Crippen molar-refractivity contribution < 1.29 is 4.74 Å². The highest BCUT2D eigenvalue weighted by Crippen LogP contribution is 2.27. The first kappa shape index (κ1) is 13.3. The minimum atomic E-state index is 0.669. The lowest BCUT2D eigenvalue weighted by Gasteiger charge is -2.46. The largest absolute Gasteiger partial charge is 0.385 e. The third-order valence-electron chi connectivity index (χ3n) is 4.61. The van der Waals surface area contributed by atoms with Crippen LogP contribution in [0.2, 0.25) is 0 Å². The molecule has 2 rings (SSSR count). The number of hydrogen-bond acceptors (Lipinski definition) is 3. The van der Waals surface area contributed by atoms with Gasteiger partial charge in [0.2, 0.25) is 0 Å². The van der Waals surface area contributed by atoms with Crippen LogP contribution in [0.15, 0.2) is 0 Å². The lowest BCUT2D eigenvalue weighted by Crippen LogP contribution is -2.58. The van der Waals surface area contributed by atoms with E-state index in [0.717, 1.165) is 18.7 Å². The second-order valence-electron chi connectivity index (χ2n) is 5.68. The monoisotopic (exact) mass is 240 g/mol. The van der Waals surface area contributed by atoms with Crippen molar-refractivity contribution in [2.45, 2.75) is 57.7 Å². The third-order valence-corrected chi connectivity index (χ3v) is 4.61. The van der Waals surface area contributed by atoms with E-state index >= 15 is 0 Å². The number of methoxy groups -OCH3 is 1. The molecule has 0 N–H and O–H groups in total. The van der Waals surface area contributed by atoms with Gasteiger partial charge in [-0.15, -0.1) is 0 Å². The molecule has 2 aliphatic rings. The average molecular weight is 240 g/mol. The van der Waals surface area contributed by atoms with Gasteiger partial charge in [-0.1, -0.05) is 6.92 Å². The van der Waals surface area contributed by atoms with Gasteiger partial charge in [0.15, 0.2) is 0 Å². The van der Waals surface area contributed by atoms with Gasteiger partial charge >= 0.3 is 0 Å². The molecular formula is C14H28N2O. The highest BCUT2D eigenvalue weighted by atomic mass is 16.5. The zero-order valence-corrected chi connectivity index (χ0v) is 11.7. The Labute approximate surface area is 106 Å². The summed E-state index contributed by atoms with van der Waals surface area (Å²) in [6, 6.07) is 2.27. The van der Waals surface area contributed by atoms with E-state index in [0.29, 0.717) is 6.04 Å². The lowest BCUT2D eigenvalue weighted by atomic mass is 10.0. The van der Waals surface area contributed by atoms with Crippen molar-refractivity contribution in [1.82, 2.24) is 9.80 Å². The molecule has 3 atom stereocenters. The molecule has 3 nitrogen and oxygen atoms in total. The number of rotatable bonds is 5. The van der Waals surface area contributed by atoms with Gasteiger partial charge in [-0.25, -0.2) is 0 Å². The Balaban J connectivity index is 1.93. The van der Waals surface area contributed by atoms with Gasteiger partial charge in [-0.2, -0.15) is 0 Å². The van der Waals surface area contributed by atoms with Crippen molar-refractivity contribution in [1.29, 1.82) is 0 Å². The molecule has 17 heavy (non-hydrogen) atoms. The molecule has 3 heteroatoms. The maximum Gasteiger partial charge on any atom is 0.0477 e. The summed E-state index contributed by atoms with van der Waals surface area (Å²) in [5, 5.41) is 0. The van der Waals surface area contributed by atoms with E-state index in [1.807, 2.05) is 0 Å². The molecule has 0 radical (unpaired) electrons. The van der Waals surface area contributed by atoms with Gasteiger partial charge in [-0.3, -0.25) is 9.80 Å². The summed E-state index contributed by atoms with van der Waals surface area (Å²) in [5.41, 5.74) is 0. The molecule has 0 saturated carbocycles. The average Bonchev–Trinajstić information content (AvgIpc) is 2.81. The molecule has 0 aromatic rings. The van der Waals surface area contributed by atoms with Crippen LogP contribution in [0, 0.1) is 0 Å². The summed E-state index contributed by atoms with van der Waals surface area (Å²) in [7, 11) is 1.80. The van der Waals surface area contributed by atoms with Crippen LogP contribution in [0.4, 0.5) is 0 Å². The number of fused-ring (bicyclic) bond motifs is 1. The van der Waals surface area contributed by atoms with E-state index in [1.165, 1.54) is 45.3 Å². The number of nitrogens with zero attached hydrogens (tertiary/aromatic N) is 2. The summed E-state index contributed by atoms with van der Waals surface area (Å²) >= 11 is 0. The number of hydrogen-bond donors (Lipinski definition) is 0. The maximum atomic E-state index is 5.22. The molecule has 0 bridgehead atoms. The standard InChI is InChI=1S/C14H28N2O/c1-4-13-10-15-8-5-6-14(15)11-16(13)12(2)7-9-17-3/h12-14H,4-11H2,1-3H3. The van der Waals surface area contributed by atoms with Gasteiger partial charge in [0.05, 0.1) is 0 Å². The number of ether oxygens (including phenoxy) is 1. The Hall–Kier alpha value is -0.120. The van der Waals surface area contributed by atoms with E-state index < -0.39 is 0 Å². The van der Waals surface area contributed by atoms with Crippen molar-refractivity contribution in [3.63, 3.8) is 0 Å². The van der Waals surface area contributed by atoms with E-state index in [1.54, 1.807) is 7.11 Å². The fourth-order valence-corrected chi connectivity index (χ4v) is 3.47. The summed E-state index contributed by atoms with van der Waals surface area (Å²) in [4.78, 5) is 5.46. The first-order chi connectivity index (χ1) is 8.26. The molecule has 0 aliphatic carbocycles. The molecule has 2 fully saturated rings. The van der Waals surface area contributed by atoms with Gasteiger partial charge in [-0.05, 0) is 39.2 Å². The second-order valence-corrected chi connectivity index (χ2v) is 5.68. The van der Waals surface area contributed by atoms with E-state index in [4.69, 9.17) is 4.74 Å². The topological polar surface area (TPSA) is 15.7 Å². The Kier molecular flexibility index (Phi) is 4.83. The van der Waals surface area contributed by atoms with Crippen LogP contribution in [0.25, 0.3) is 0 Å². The fourth-order valence-electron chi connectivity index (χ4n) is 3.47. The van der Waals surface area contributed by atoms with Gasteiger partial charge < -0.3 is 4.74 Å². The molecule has 3 unspecified atom stereocenters. The predicted octanol–water partition coefficient (Wildman–Crippen LogP) is 1.97. The van der Waals surface area contributed by atoms with Crippen LogP contribution in [0.5, 0.6) is 0 Å². The summed E-state index contributed by atoms with van der Waals surface area (Å²) in [5.74, 6) is 0. The third kappa shape index (κ3) is 3.01. The van der Waals surface area contributed by atoms with Crippen LogP contribution in [0.1, 0.15) is 39.5 Å². The predicted molar refractivity (Wildman–Crippen MR) is 71.3 cm³/mol. The van der Waals surface area contributed by atoms with Crippen molar-refractivity contribution in [2.75, 3.05) is 33.4 Å². The van der Waals surface area contributed by atoms with Gasteiger partial charge in [0.25, 0.3) is 0 Å². The SMILES string of the molecule is CCC1CN2CCCC2CN1C(C)CCOC. The zero-order valence-electron chi connectivity index (χ0n) is 11.7. The normalized spacial score (nSPS) is 32.6. The minimum absolute atomic E-state index is 0.669. The molecular weight excluding hydrogens is 212 g/mol. The summed E-state index contributed by atoms with van der Waals surface area (Å²) < 4.78 is 5.22. The van der Waals surface area contributed by atoms with Crippen LogP contribution in [0.3, 0.4) is 0 Å². The molecule has 100 valence electrons. The van der Waals surface area contributed by atoms with Crippen molar-refractivity contribution in [3.8, 4) is 0 Å². The number of piperazine rings is 1. The molecule has 0 amide bonds. The summed E-state index contributed by atoms with van der Waals surface area (Å²) in [6.07, 6.45) is 5.26. The summed E-state index contributed by atoms with van der Waals surface area (Å²) in [6.45, 7) is 9.50. The first-order valence-electron chi connectivity index (χ1n) is 7.25. The van der Waals surface area contributed by atoms with Crippen molar-refractivity contribution >= 4 is 0 Å². The Morgan fingerprint density at radius 1 is 1.35 bits per heavy atom. The minimum Gasteiger partial charge on any atom is -0.385 e. The van der Waals surface area contributed by atoms with E-state index in [9.17, 15) is 0 Å². The lowest BCUT2D eigenvalue weighted by molar-refractivity contribution is 0.0141. The molecule has 0 aromatic heterocycles. The quantitative estimate of drug-likeness (QED) is 0.731. The van der Waals surface area contributed by atoms with E-state index in [-0.39, 0.29) is 0 Å². The smallest absolute Gasteiger partial charge is 0.0477 e. The second kappa shape index (κ2) is 6.17. The van der Waals surface area contributed by atoms with Gasteiger partial charge in [0, 0.05) is 44.9 Å². The van der Waals surface area contributed by atoms with Gasteiger partial charge in [0.1, 0.15) is 0 Å². The van der Waals surface area contributed by atoms with Crippen molar-refractivity contribution in [3.05, 3.63) is 0 Å².